The minimum absolute atomic E-state index is 0.158. The second-order valence-electron chi connectivity index (χ2n) is 5.27. The molecule has 4 N–H and O–H groups in total. The van der Waals surface area contributed by atoms with E-state index in [2.05, 4.69) is 65.7 Å². The van der Waals surface area contributed by atoms with Crippen molar-refractivity contribution in [3.63, 3.8) is 0 Å². The molecule has 0 radical (unpaired) electrons. The van der Waals surface area contributed by atoms with Crippen LogP contribution in [0.15, 0.2) is 96.0 Å². The Hall–Kier alpha value is -3.07. The van der Waals surface area contributed by atoms with Gasteiger partial charge in [-0.2, -0.15) is 0 Å². The number of nitrogens with zero attached hydrogens (tertiary/aromatic N) is 1. The summed E-state index contributed by atoms with van der Waals surface area (Å²) < 4.78 is 0. The largest absolute Gasteiger partial charge is 0.370 e. The predicted molar refractivity (Wildman–Crippen MR) is 103 cm³/mol. The van der Waals surface area contributed by atoms with Crippen molar-refractivity contribution in [2.24, 2.45) is 16.5 Å². The summed E-state index contributed by atoms with van der Waals surface area (Å²) in [5.41, 5.74) is 14.2. The van der Waals surface area contributed by atoms with Gasteiger partial charge < -0.3 is 11.5 Å². The molecule has 0 aromatic heterocycles. The molecule has 0 aliphatic heterocycles. The van der Waals surface area contributed by atoms with E-state index >= 15 is 0 Å². The van der Waals surface area contributed by atoms with Crippen LogP contribution in [0.3, 0.4) is 0 Å². The van der Waals surface area contributed by atoms with Gasteiger partial charge in [-0.25, -0.2) is 0 Å². The zero-order valence-electron chi connectivity index (χ0n) is 13.7. The zero-order valence-corrected chi connectivity index (χ0v) is 13.7. The summed E-state index contributed by atoms with van der Waals surface area (Å²) in [6, 6.07) is 30.9. The highest BCUT2D eigenvalue weighted by atomic mass is 15.0. The van der Waals surface area contributed by atoms with Gasteiger partial charge in [0.15, 0.2) is 5.96 Å². The third kappa shape index (κ3) is 6.36. The quantitative estimate of drug-likeness (QED) is 0.567. The molecule has 3 aromatic rings. The van der Waals surface area contributed by atoms with E-state index in [0.717, 1.165) is 6.42 Å². The first-order valence-corrected chi connectivity index (χ1v) is 7.95. The maximum Gasteiger partial charge on any atom is 0.185 e. The summed E-state index contributed by atoms with van der Waals surface area (Å²) in [6.45, 7) is 0.659. The molecule has 0 amide bonds. The molecule has 0 spiro atoms. The lowest BCUT2D eigenvalue weighted by molar-refractivity contribution is 0.962. The molecule has 0 fully saturated rings. The Kier molecular flexibility index (Phi) is 7.09. The molecule has 122 valence electrons. The van der Waals surface area contributed by atoms with Gasteiger partial charge in [0.1, 0.15) is 0 Å². The van der Waals surface area contributed by atoms with E-state index in [4.69, 9.17) is 11.5 Å². The van der Waals surface area contributed by atoms with E-state index in [1.807, 2.05) is 30.3 Å². The third-order valence-corrected chi connectivity index (χ3v) is 3.42. The summed E-state index contributed by atoms with van der Waals surface area (Å²) >= 11 is 0. The first-order chi connectivity index (χ1) is 11.8. The molecule has 0 unspecified atom stereocenters. The average molecular weight is 317 g/mol. The van der Waals surface area contributed by atoms with E-state index in [0.29, 0.717) is 6.54 Å². The number of nitrogens with two attached hydrogens (primary N) is 2. The summed E-state index contributed by atoms with van der Waals surface area (Å²) in [7, 11) is 0. The first kappa shape index (κ1) is 17.3. The van der Waals surface area contributed by atoms with Crippen molar-refractivity contribution in [3.8, 4) is 11.1 Å². The van der Waals surface area contributed by atoms with Crippen molar-refractivity contribution in [1.29, 1.82) is 0 Å². The topological polar surface area (TPSA) is 64.4 Å². The lowest BCUT2D eigenvalue weighted by atomic mass is 10.1. The van der Waals surface area contributed by atoms with E-state index < -0.39 is 0 Å². The van der Waals surface area contributed by atoms with Crippen LogP contribution in [-0.2, 0) is 6.42 Å². The monoisotopic (exact) mass is 317 g/mol. The number of rotatable bonds is 4. The van der Waals surface area contributed by atoms with Gasteiger partial charge in [0.25, 0.3) is 0 Å². The Morgan fingerprint density at radius 1 is 0.625 bits per heavy atom. The predicted octanol–water partition coefficient (Wildman–Crippen LogP) is 3.86. The molecular formula is C21H23N3. The minimum Gasteiger partial charge on any atom is -0.370 e. The van der Waals surface area contributed by atoms with Gasteiger partial charge in [0.05, 0.1) is 0 Å². The first-order valence-electron chi connectivity index (χ1n) is 7.95. The average Bonchev–Trinajstić information content (AvgIpc) is 2.64. The van der Waals surface area contributed by atoms with Gasteiger partial charge in [0, 0.05) is 6.54 Å². The van der Waals surface area contributed by atoms with E-state index in [1.165, 1.54) is 16.7 Å². The van der Waals surface area contributed by atoms with Crippen molar-refractivity contribution in [1.82, 2.24) is 0 Å². The van der Waals surface area contributed by atoms with Gasteiger partial charge >= 0.3 is 0 Å². The number of aliphatic imine (C=N–C) groups is 1. The smallest absolute Gasteiger partial charge is 0.185 e. The van der Waals surface area contributed by atoms with Crippen LogP contribution in [0, 0.1) is 0 Å². The normalized spacial score (nSPS) is 9.50. The highest BCUT2D eigenvalue weighted by Gasteiger charge is 1.92. The summed E-state index contributed by atoms with van der Waals surface area (Å²) in [5.74, 6) is 0.158. The summed E-state index contributed by atoms with van der Waals surface area (Å²) in [5, 5.41) is 0. The van der Waals surface area contributed by atoms with Crippen LogP contribution < -0.4 is 11.5 Å². The SMILES string of the molecule is NC(N)=NCCc1ccccc1.c1ccc(-c2ccccc2)cc1. The molecule has 0 saturated heterocycles. The highest BCUT2D eigenvalue weighted by Crippen LogP contribution is 2.17. The number of benzene rings is 3. The number of hydrogen-bond donors (Lipinski definition) is 2. The van der Waals surface area contributed by atoms with Gasteiger partial charge in [-0.15, -0.1) is 0 Å². The Morgan fingerprint density at radius 3 is 1.46 bits per heavy atom. The van der Waals surface area contributed by atoms with Crippen molar-refractivity contribution in [3.05, 3.63) is 96.6 Å². The molecule has 0 saturated carbocycles. The molecule has 3 nitrogen and oxygen atoms in total. The Morgan fingerprint density at radius 2 is 1.04 bits per heavy atom. The van der Waals surface area contributed by atoms with Gasteiger partial charge in [-0.1, -0.05) is 91.0 Å². The molecule has 0 atom stereocenters. The lowest BCUT2D eigenvalue weighted by Crippen LogP contribution is -2.23. The van der Waals surface area contributed by atoms with Gasteiger partial charge in [0.2, 0.25) is 0 Å². The molecule has 24 heavy (non-hydrogen) atoms. The maximum atomic E-state index is 5.18. The van der Waals surface area contributed by atoms with Crippen molar-refractivity contribution >= 4 is 5.96 Å². The standard InChI is InChI=1S/C12H10.C9H13N3/c1-3-7-11(8-4-1)12-9-5-2-6-10-12;10-9(11)12-7-6-8-4-2-1-3-5-8/h1-10H;1-5H,6-7H2,(H4,10,11,12). The van der Waals surface area contributed by atoms with Crippen LogP contribution in [0.25, 0.3) is 11.1 Å². The minimum atomic E-state index is 0.158. The molecule has 0 aliphatic rings. The second kappa shape index (κ2) is 9.85. The van der Waals surface area contributed by atoms with Crippen molar-refractivity contribution < 1.29 is 0 Å². The van der Waals surface area contributed by atoms with E-state index in [-0.39, 0.29) is 5.96 Å². The Bertz CT molecular complexity index is 681. The van der Waals surface area contributed by atoms with Gasteiger partial charge in [-0.05, 0) is 23.1 Å². The van der Waals surface area contributed by atoms with Crippen LogP contribution in [0.1, 0.15) is 5.56 Å². The Labute approximate surface area is 143 Å². The van der Waals surface area contributed by atoms with Crippen LogP contribution >= 0.6 is 0 Å². The van der Waals surface area contributed by atoms with Crippen LogP contribution in [0.5, 0.6) is 0 Å². The molecular weight excluding hydrogens is 294 g/mol. The Balaban J connectivity index is 0.000000174. The second-order valence-corrected chi connectivity index (χ2v) is 5.27. The summed E-state index contributed by atoms with van der Waals surface area (Å²) in [4.78, 5) is 3.89. The van der Waals surface area contributed by atoms with Crippen molar-refractivity contribution in [2.45, 2.75) is 6.42 Å². The zero-order chi connectivity index (χ0) is 17.0. The summed E-state index contributed by atoms with van der Waals surface area (Å²) in [6.07, 6.45) is 0.888. The molecule has 3 rings (SSSR count). The van der Waals surface area contributed by atoms with Crippen LogP contribution in [0.2, 0.25) is 0 Å². The third-order valence-electron chi connectivity index (χ3n) is 3.42. The van der Waals surface area contributed by atoms with Crippen molar-refractivity contribution in [2.75, 3.05) is 6.54 Å². The highest BCUT2D eigenvalue weighted by molar-refractivity contribution is 5.75. The fraction of sp³-hybridized carbons (Fsp3) is 0.0952. The fourth-order valence-electron chi connectivity index (χ4n) is 2.22. The molecule has 0 aliphatic carbocycles. The van der Waals surface area contributed by atoms with E-state index in [1.54, 1.807) is 0 Å². The molecule has 3 aromatic carbocycles. The lowest BCUT2D eigenvalue weighted by Gasteiger charge is -1.98. The number of guanidine groups is 1. The maximum absolute atomic E-state index is 5.18. The van der Waals surface area contributed by atoms with E-state index in [9.17, 15) is 0 Å². The number of hydrogen-bond acceptors (Lipinski definition) is 1. The van der Waals surface area contributed by atoms with Crippen LogP contribution in [0.4, 0.5) is 0 Å². The van der Waals surface area contributed by atoms with Crippen LogP contribution in [-0.4, -0.2) is 12.5 Å². The molecule has 0 heterocycles. The fourth-order valence-corrected chi connectivity index (χ4v) is 2.22. The van der Waals surface area contributed by atoms with Gasteiger partial charge in [-0.3, -0.25) is 4.99 Å². The molecule has 0 bridgehead atoms. The molecule has 3 heteroatoms.